The van der Waals surface area contributed by atoms with Crippen LogP contribution in [0.2, 0.25) is 0 Å². The van der Waals surface area contributed by atoms with Crippen molar-refractivity contribution < 1.29 is 0 Å². The van der Waals surface area contributed by atoms with Crippen molar-refractivity contribution in [1.29, 1.82) is 5.26 Å². The maximum Gasteiger partial charge on any atom is 0.0946 e. The molecule has 1 heteroatoms. The van der Waals surface area contributed by atoms with E-state index in [2.05, 4.69) is 19.9 Å². The number of unbranched alkanes of at least 4 members (excludes halogenated alkanes) is 2. The SMILES string of the molecule is CCCCCC(C)=C(C#N)CC. The van der Waals surface area contributed by atoms with E-state index in [1.807, 2.05) is 6.92 Å². The first-order valence-electron chi connectivity index (χ1n) is 4.84. The summed E-state index contributed by atoms with van der Waals surface area (Å²) in [6.45, 7) is 6.32. The zero-order valence-corrected chi connectivity index (χ0v) is 8.48. The van der Waals surface area contributed by atoms with Crippen molar-refractivity contribution in [2.75, 3.05) is 0 Å². The number of hydrogen-bond acceptors (Lipinski definition) is 1. The highest BCUT2D eigenvalue weighted by molar-refractivity contribution is 5.25. The lowest BCUT2D eigenvalue weighted by molar-refractivity contribution is 0.709. The molecule has 12 heavy (non-hydrogen) atoms. The van der Waals surface area contributed by atoms with Gasteiger partial charge in [0.15, 0.2) is 0 Å². The zero-order chi connectivity index (χ0) is 9.40. The van der Waals surface area contributed by atoms with Gasteiger partial charge in [-0.15, -0.1) is 0 Å². The monoisotopic (exact) mass is 165 g/mol. The Balaban J connectivity index is 3.90. The summed E-state index contributed by atoms with van der Waals surface area (Å²) >= 11 is 0. The molecule has 0 rings (SSSR count). The van der Waals surface area contributed by atoms with Crippen LogP contribution in [0.25, 0.3) is 0 Å². The Labute approximate surface area is 76.1 Å². The van der Waals surface area contributed by atoms with Crippen molar-refractivity contribution in [2.45, 2.75) is 52.9 Å². The largest absolute Gasteiger partial charge is 0.193 e. The van der Waals surface area contributed by atoms with Crippen LogP contribution in [0, 0.1) is 11.3 Å². The summed E-state index contributed by atoms with van der Waals surface area (Å²) in [5.41, 5.74) is 2.26. The minimum absolute atomic E-state index is 0.883. The van der Waals surface area contributed by atoms with Crippen molar-refractivity contribution in [3.05, 3.63) is 11.1 Å². The molecular weight excluding hydrogens is 146 g/mol. The van der Waals surface area contributed by atoms with Gasteiger partial charge in [-0.2, -0.15) is 5.26 Å². The number of rotatable bonds is 5. The van der Waals surface area contributed by atoms with E-state index in [0.29, 0.717) is 0 Å². The van der Waals surface area contributed by atoms with Gasteiger partial charge < -0.3 is 0 Å². The second-order valence-corrected chi connectivity index (χ2v) is 3.18. The molecule has 0 saturated carbocycles. The Bertz CT molecular complexity index is 184. The quantitative estimate of drug-likeness (QED) is 0.449. The van der Waals surface area contributed by atoms with Crippen LogP contribution in [-0.4, -0.2) is 0 Å². The summed E-state index contributed by atoms with van der Waals surface area (Å²) in [6, 6.07) is 2.26. The van der Waals surface area contributed by atoms with E-state index in [9.17, 15) is 0 Å². The average molecular weight is 165 g/mol. The molecule has 0 aromatic carbocycles. The third-order valence-corrected chi connectivity index (χ3v) is 2.16. The van der Waals surface area contributed by atoms with Crippen LogP contribution in [0.1, 0.15) is 52.9 Å². The molecule has 0 aliphatic rings. The molecule has 0 fully saturated rings. The Hall–Kier alpha value is -0.770. The minimum atomic E-state index is 0.883. The molecule has 0 heterocycles. The highest BCUT2D eigenvalue weighted by atomic mass is 14.2. The van der Waals surface area contributed by atoms with E-state index in [4.69, 9.17) is 5.26 Å². The van der Waals surface area contributed by atoms with Gasteiger partial charge in [0.25, 0.3) is 0 Å². The Morgan fingerprint density at radius 2 is 1.92 bits per heavy atom. The second kappa shape index (κ2) is 6.91. The van der Waals surface area contributed by atoms with Crippen LogP contribution in [0.5, 0.6) is 0 Å². The van der Waals surface area contributed by atoms with Crippen molar-refractivity contribution in [3.8, 4) is 6.07 Å². The van der Waals surface area contributed by atoms with Crippen LogP contribution in [0.4, 0.5) is 0 Å². The van der Waals surface area contributed by atoms with Gasteiger partial charge in [0.1, 0.15) is 0 Å². The highest BCUT2D eigenvalue weighted by Gasteiger charge is 1.98. The molecule has 0 aliphatic heterocycles. The molecule has 0 aliphatic carbocycles. The summed E-state index contributed by atoms with van der Waals surface area (Å²) in [6.07, 6.45) is 5.74. The van der Waals surface area contributed by atoms with Gasteiger partial charge in [-0.05, 0) is 26.2 Å². The number of nitrogens with zero attached hydrogens (tertiary/aromatic N) is 1. The summed E-state index contributed by atoms with van der Waals surface area (Å²) in [5, 5.41) is 8.75. The summed E-state index contributed by atoms with van der Waals surface area (Å²) < 4.78 is 0. The van der Waals surface area contributed by atoms with E-state index in [1.54, 1.807) is 0 Å². The highest BCUT2D eigenvalue weighted by Crippen LogP contribution is 2.14. The molecule has 0 spiro atoms. The van der Waals surface area contributed by atoms with E-state index >= 15 is 0 Å². The van der Waals surface area contributed by atoms with Gasteiger partial charge in [0, 0.05) is 5.57 Å². The van der Waals surface area contributed by atoms with Crippen molar-refractivity contribution >= 4 is 0 Å². The first kappa shape index (κ1) is 11.2. The fourth-order valence-corrected chi connectivity index (χ4v) is 1.27. The fraction of sp³-hybridized carbons (Fsp3) is 0.727. The first-order valence-corrected chi connectivity index (χ1v) is 4.84. The minimum Gasteiger partial charge on any atom is -0.193 e. The molecule has 0 aromatic heterocycles. The van der Waals surface area contributed by atoms with Gasteiger partial charge in [0.2, 0.25) is 0 Å². The van der Waals surface area contributed by atoms with Gasteiger partial charge in [-0.25, -0.2) is 0 Å². The Morgan fingerprint density at radius 1 is 1.25 bits per heavy atom. The van der Waals surface area contributed by atoms with Gasteiger partial charge >= 0.3 is 0 Å². The number of allylic oxidation sites excluding steroid dienone is 2. The van der Waals surface area contributed by atoms with Crippen LogP contribution in [0.15, 0.2) is 11.1 Å². The van der Waals surface area contributed by atoms with E-state index < -0.39 is 0 Å². The molecule has 0 aromatic rings. The van der Waals surface area contributed by atoms with E-state index in [1.165, 1.54) is 24.8 Å². The fourth-order valence-electron chi connectivity index (χ4n) is 1.27. The molecular formula is C11H19N. The molecule has 0 amide bonds. The normalized spacial score (nSPS) is 12.2. The molecule has 0 bridgehead atoms. The molecule has 0 atom stereocenters. The molecule has 1 nitrogen and oxygen atoms in total. The van der Waals surface area contributed by atoms with Crippen LogP contribution in [-0.2, 0) is 0 Å². The summed E-state index contributed by atoms with van der Waals surface area (Å²) in [5.74, 6) is 0. The average Bonchev–Trinajstić information content (AvgIpc) is 2.07. The third kappa shape index (κ3) is 4.18. The molecule has 0 saturated heterocycles. The topological polar surface area (TPSA) is 23.8 Å². The second-order valence-electron chi connectivity index (χ2n) is 3.18. The van der Waals surface area contributed by atoms with E-state index in [-0.39, 0.29) is 0 Å². The standard InChI is InChI=1S/C11H19N/c1-4-6-7-8-10(3)11(5-2)9-12/h4-8H2,1-3H3. The lowest BCUT2D eigenvalue weighted by atomic mass is 10.0. The third-order valence-electron chi connectivity index (χ3n) is 2.16. The maximum absolute atomic E-state index is 8.75. The molecule has 0 radical (unpaired) electrons. The van der Waals surface area contributed by atoms with Gasteiger partial charge in [-0.3, -0.25) is 0 Å². The lowest BCUT2D eigenvalue weighted by Crippen LogP contribution is -1.85. The molecule has 0 unspecified atom stereocenters. The van der Waals surface area contributed by atoms with Crippen LogP contribution < -0.4 is 0 Å². The maximum atomic E-state index is 8.75. The van der Waals surface area contributed by atoms with Gasteiger partial charge in [-0.1, -0.05) is 32.3 Å². The van der Waals surface area contributed by atoms with Gasteiger partial charge in [0.05, 0.1) is 6.07 Å². The summed E-state index contributed by atoms with van der Waals surface area (Å²) in [4.78, 5) is 0. The molecule has 0 N–H and O–H groups in total. The number of hydrogen-bond donors (Lipinski definition) is 0. The smallest absolute Gasteiger partial charge is 0.0946 e. The summed E-state index contributed by atoms with van der Waals surface area (Å²) in [7, 11) is 0. The van der Waals surface area contributed by atoms with Crippen LogP contribution in [0.3, 0.4) is 0 Å². The Morgan fingerprint density at radius 3 is 2.33 bits per heavy atom. The predicted octanol–water partition coefficient (Wildman–Crippen LogP) is 3.82. The predicted molar refractivity (Wildman–Crippen MR) is 52.7 cm³/mol. The first-order chi connectivity index (χ1) is 5.76. The molecule has 68 valence electrons. The van der Waals surface area contributed by atoms with E-state index in [0.717, 1.165) is 18.4 Å². The zero-order valence-electron chi connectivity index (χ0n) is 8.48. The Kier molecular flexibility index (Phi) is 6.47. The van der Waals surface area contributed by atoms with Crippen molar-refractivity contribution in [1.82, 2.24) is 0 Å². The van der Waals surface area contributed by atoms with Crippen LogP contribution >= 0.6 is 0 Å². The lowest BCUT2D eigenvalue weighted by Gasteiger charge is -2.02. The van der Waals surface area contributed by atoms with Crippen molar-refractivity contribution in [2.24, 2.45) is 0 Å². The van der Waals surface area contributed by atoms with Crippen molar-refractivity contribution in [3.63, 3.8) is 0 Å². The number of nitriles is 1.